The van der Waals surface area contributed by atoms with Crippen molar-refractivity contribution in [2.75, 3.05) is 31.6 Å². The van der Waals surface area contributed by atoms with E-state index in [2.05, 4.69) is 5.32 Å². The molecule has 2 aromatic rings. The molecule has 0 radical (unpaired) electrons. The van der Waals surface area contributed by atoms with Gasteiger partial charge < -0.3 is 10.1 Å². The van der Waals surface area contributed by atoms with Crippen LogP contribution in [0.15, 0.2) is 40.6 Å². The lowest BCUT2D eigenvalue weighted by atomic mass is 10.3. The maximum Gasteiger partial charge on any atom is 0.243 e. The van der Waals surface area contributed by atoms with Crippen LogP contribution in [0.4, 0.5) is 5.69 Å². The molecule has 0 aliphatic carbocycles. The maximum absolute atomic E-state index is 12.7. The molecule has 1 aliphatic rings. The highest BCUT2D eigenvalue weighted by molar-refractivity contribution is 7.89. The van der Waals surface area contributed by atoms with E-state index in [1.807, 2.05) is 17.5 Å². The smallest absolute Gasteiger partial charge is 0.243 e. The number of morpholine rings is 1. The third kappa shape index (κ3) is 4.39. The van der Waals surface area contributed by atoms with Gasteiger partial charge in [-0.3, -0.25) is 4.79 Å². The molecule has 1 fully saturated rings. The number of anilines is 1. The molecule has 1 saturated heterocycles. The normalized spacial score (nSPS) is 15.9. The van der Waals surface area contributed by atoms with Crippen LogP contribution in [-0.2, 0) is 26.0 Å². The van der Waals surface area contributed by atoms with Gasteiger partial charge in [-0.1, -0.05) is 17.7 Å². The van der Waals surface area contributed by atoms with E-state index < -0.39 is 10.0 Å². The summed E-state index contributed by atoms with van der Waals surface area (Å²) < 4.78 is 32.0. The van der Waals surface area contributed by atoms with Crippen molar-refractivity contribution in [1.82, 2.24) is 4.31 Å². The summed E-state index contributed by atoms with van der Waals surface area (Å²) in [5.41, 5.74) is 0.289. The van der Waals surface area contributed by atoms with Crippen LogP contribution >= 0.6 is 22.9 Å². The van der Waals surface area contributed by atoms with Gasteiger partial charge in [0.05, 0.1) is 35.2 Å². The number of hydrogen-bond acceptors (Lipinski definition) is 5. The summed E-state index contributed by atoms with van der Waals surface area (Å²) in [4.78, 5) is 13.2. The van der Waals surface area contributed by atoms with E-state index in [0.29, 0.717) is 31.3 Å². The van der Waals surface area contributed by atoms with Gasteiger partial charge in [0, 0.05) is 18.0 Å². The number of sulfonamides is 1. The van der Waals surface area contributed by atoms with Crippen LogP contribution in [0.2, 0.25) is 5.02 Å². The minimum atomic E-state index is -3.64. The second-order valence-corrected chi connectivity index (χ2v) is 8.84. The largest absolute Gasteiger partial charge is 0.379 e. The molecule has 0 atom stereocenters. The van der Waals surface area contributed by atoms with Gasteiger partial charge in [-0.15, -0.1) is 11.3 Å². The minimum absolute atomic E-state index is 0.102. The summed E-state index contributed by atoms with van der Waals surface area (Å²) in [7, 11) is -3.64. The topological polar surface area (TPSA) is 75.7 Å². The Morgan fingerprint density at radius 1 is 1.28 bits per heavy atom. The molecule has 9 heteroatoms. The van der Waals surface area contributed by atoms with Crippen molar-refractivity contribution < 1.29 is 17.9 Å². The van der Waals surface area contributed by atoms with Crippen LogP contribution in [0.3, 0.4) is 0 Å². The Balaban J connectivity index is 1.79. The van der Waals surface area contributed by atoms with E-state index in [-0.39, 0.29) is 22.9 Å². The number of amides is 1. The van der Waals surface area contributed by atoms with E-state index in [4.69, 9.17) is 16.3 Å². The standard InChI is InChI=1S/C16H17ClN2O4S2/c17-14-4-3-13(25(21,22)19-5-7-23-8-6-19)11-15(14)18-16(20)10-12-2-1-9-24-12/h1-4,9,11H,5-8,10H2,(H,18,20). The Bertz CT molecular complexity index is 847. The number of carbonyl (C=O) groups is 1. The highest BCUT2D eigenvalue weighted by Gasteiger charge is 2.27. The molecular weight excluding hydrogens is 384 g/mol. The van der Waals surface area contributed by atoms with Crippen molar-refractivity contribution in [2.45, 2.75) is 11.3 Å². The Morgan fingerprint density at radius 3 is 2.72 bits per heavy atom. The van der Waals surface area contributed by atoms with E-state index in [1.165, 1.54) is 33.8 Å². The number of hydrogen-bond donors (Lipinski definition) is 1. The Morgan fingerprint density at radius 2 is 2.04 bits per heavy atom. The van der Waals surface area contributed by atoms with Crippen molar-refractivity contribution in [3.05, 3.63) is 45.6 Å². The lowest BCUT2D eigenvalue weighted by molar-refractivity contribution is -0.115. The van der Waals surface area contributed by atoms with Crippen molar-refractivity contribution in [3.63, 3.8) is 0 Å². The van der Waals surface area contributed by atoms with E-state index >= 15 is 0 Å². The molecule has 1 aromatic heterocycles. The average Bonchev–Trinajstić information content (AvgIpc) is 3.10. The number of nitrogens with one attached hydrogen (secondary N) is 1. The Labute approximate surface area is 155 Å². The van der Waals surface area contributed by atoms with Gasteiger partial charge >= 0.3 is 0 Å². The Kier molecular flexibility index (Phi) is 5.75. The van der Waals surface area contributed by atoms with Crippen molar-refractivity contribution in [3.8, 4) is 0 Å². The maximum atomic E-state index is 12.7. The number of halogens is 1. The predicted octanol–water partition coefficient (Wildman–Crippen LogP) is 2.60. The van der Waals surface area contributed by atoms with Gasteiger partial charge in [0.2, 0.25) is 15.9 Å². The zero-order valence-electron chi connectivity index (χ0n) is 13.3. The molecule has 0 bridgehead atoms. The first kappa shape index (κ1) is 18.3. The summed E-state index contributed by atoms with van der Waals surface area (Å²) in [5.74, 6) is -0.245. The number of nitrogens with zero attached hydrogens (tertiary/aromatic N) is 1. The minimum Gasteiger partial charge on any atom is -0.379 e. The molecule has 3 rings (SSSR count). The molecular formula is C16H17ClN2O4S2. The quantitative estimate of drug-likeness (QED) is 0.837. The first-order valence-electron chi connectivity index (χ1n) is 7.66. The lowest BCUT2D eigenvalue weighted by Crippen LogP contribution is -2.40. The second kappa shape index (κ2) is 7.84. The summed E-state index contributed by atoms with van der Waals surface area (Å²) >= 11 is 7.60. The van der Waals surface area contributed by atoms with Gasteiger partial charge in [0.25, 0.3) is 0 Å². The highest BCUT2D eigenvalue weighted by atomic mass is 35.5. The van der Waals surface area contributed by atoms with Gasteiger partial charge in [-0.05, 0) is 29.6 Å². The average molecular weight is 401 g/mol. The number of carbonyl (C=O) groups excluding carboxylic acids is 1. The molecule has 6 nitrogen and oxygen atoms in total. The second-order valence-electron chi connectivity index (χ2n) is 5.46. The van der Waals surface area contributed by atoms with Crippen LogP contribution < -0.4 is 5.32 Å². The molecule has 0 spiro atoms. The van der Waals surface area contributed by atoms with E-state index in [0.717, 1.165) is 4.88 Å². The fourth-order valence-electron chi connectivity index (χ4n) is 2.46. The van der Waals surface area contributed by atoms with Crippen LogP contribution in [0.25, 0.3) is 0 Å². The molecule has 0 unspecified atom stereocenters. The summed E-state index contributed by atoms with van der Waals surface area (Å²) in [5, 5.41) is 4.88. The molecule has 25 heavy (non-hydrogen) atoms. The lowest BCUT2D eigenvalue weighted by Gasteiger charge is -2.26. The molecule has 1 aromatic carbocycles. The molecule has 1 N–H and O–H groups in total. The summed E-state index contributed by atoms with van der Waals surface area (Å²) in [6.45, 7) is 1.37. The first-order valence-corrected chi connectivity index (χ1v) is 10.4. The van der Waals surface area contributed by atoms with Crippen LogP contribution in [0.1, 0.15) is 4.88 Å². The van der Waals surface area contributed by atoms with Gasteiger partial charge in [0.15, 0.2) is 0 Å². The van der Waals surface area contributed by atoms with Gasteiger partial charge in [-0.25, -0.2) is 8.42 Å². The third-order valence-electron chi connectivity index (χ3n) is 3.73. The number of thiophene rings is 1. The molecule has 2 heterocycles. The summed E-state index contributed by atoms with van der Waals surface area (Å²) in [6, 6.07) is 8.07. The monoisotopic (exact) mass is 400 g/mol. The highest BCUT2D eigenvalue weighted by Crippen LogP contribution is 2.27. The van der Waals surface area contributed by atoms with Crippen LogP contribution in [-0.4, -0.2) is 44.9 Å². The number of benzene rings is 1. The molecule has 1 aliphatic heterocycles. The van der Waals surface area contributed by atoms with E-state index in [1.54, 1.807) is 0 Å². The fourth-order valence-corrected chi connectivity index (χ4v) is 4.77. The third-order valence-corrected chi connectivity index (χ3v) is 6.84. The Hall–Kier alpha value is -1.45. The molecule has 1 amide bonds. The molecule has 0 saturated carbocycles. The first-order chi connectivity index (χ1) is 12.0. The summed E-state index contributed by atoms with van der Waals surface area (Å²) in [6.07, 6.45) is 0.217. The van der Waals surface area contributed by atoms with E-state index in [9.17, 15) is 13.2 Å². The van der Waals surface area contributed by atoms with Gasteiger partial charge in [-0.2, -0.15) is 4.31 Å². The number of ether oxygens (including phenoxy) is 1. The van der Waals surface area contributed by atoms with Crippen molar-refractivity contribution >= 4 is 44.6 Å². The zero-order valence-corrected chi connectivity index (χ0v) is 15.7. The van der Waals surface area contributed by atoms with Crippen molar-refractivity contribution in [2.24, 2.45) is 0 Å². The fraction of sp³-hybridized carbons (Fsp3) is 0.312. The number of rotatable bonds is 5. The van der Waals surface area contributed by atoms with Gasteiger partial charge in [0.1, 0.15) is 0 Å². The van der Waals surface area contributed by atoms with Crippen LogP contribution in [0, 0.1) is 0 Å². The zero-order chi connectivity index (χ0) is 17.9. The predicted molar refractivity (Wildman–Crippen MR) is 97.7 cm³/mol. The van der Waals surface area contributed by atoms with Crippen molar-refractivity contribution in [1.29, 1.82) is 0 Å². The van der Waals surface area contributed by atoms with Crippen LogP contribution in [0.5, 0.6) is 0 Å². The molecule has 134 valence electrons. The SMILES string of the molecule is O=C(Cc1cccs1)Nc1cc(S(=O)(=O)N2CCOCC2)ccc1Cl.